The fourth-order valence-corrected chi connectivity index (χ4v) is 3.03. The minimum atomic E-state index is -0.125. The smallest absolute Gasteiger partial charge is 0.0832 e. The molecule has 1 saturated carbocycles. The van der Waals surface area contributed by atoms with Crippen molar-refractivity contribution in [2.75, 3.05) is 7.11 Å². The van der Waals surface area contributed by atoms with Gasteiger partial charge < -0.3 is 10.5 Å². The van der Waals surface area contributed by atoms with E-state index in [-0.39, 0.29) is 11.6 Å². The van der Waals surface area contributed by atoms with Crippen LogP contribution in [0.1, 0.15) is 57.7 Å². The number of rotatable bonds is 6. The van der Waals surface area contributed by atoms with Gasteiger partial charge in [-0.3, -0.25) is 4.68 Å². The van der Waals surface area contributed by atoms with Gasteiger partial charge in [0, 0.05) is 31.8 Å². The van der Waals surface area contributed by atoms with Crippen molar-refractivity contribution in [2.24, 2.45) is 5.73 Å². The van der Waals surface area contributed by atoms with Crippen molar-refractivity contribution in [3.05, 3.63) is 18.0 Å². The fourth-order valence-electron chi connectivity index (χ4n) is 3.03. The Labute approximate surface area is 116 Å². The van der Waals surface area contributed by atoms with E-state index in [1.807, 2.05) is 4.68 Å². The molecule has 108 valence electrons. The predicted octanol–water partition coefficient (Wildman–Crippen LogP) is 2.68. The molecule has 1 heterocycles. The monoisotopic (exact) mass is 265 g/mol. The summed E-state index contributed by atoms with van der Waals surface area (Å²) in [5.41, 5.74) is 7.36. The Kier molecular flexibility index (Phi) is 4.63. The Bertz CT molecular complexity index is 396. The lowest BCUT2D eigenvalue weighted by molar-refractivity contribution is -0.0256. The Balaban J connectivity index is 2.02. The molecular weight excluding hydrogens is 238 g/mol. The molecule has 0 radical (unpaired) electrons. The summed E-state index contributed by atoms with van der Waals surface area (Å²) in [6, 6.07) is 2.58. The molecule has 0 amide bonds. The molecule has 1 fully saturated rings. The molecule has 2 atom stereocenters. The number of hydrogen-bond donors (Lipinski definition) is 1. The number of ether oxygens (including phenoxy) is 1. The molecular formula is C15H27N3O. The maximum atomic E-state index is 6.40. The van der Waals surface area contributed by atoms with E-state index in [1.54, 1.807) is 7.11 Å². The summed E-state index contributed by atoms with van der Waals surface area (Å²) in [5.74, 6) is 0. The minimum Gasteiger partial charge on any atom is -0.377 e. The Morgan fingerprint density at radius 2 is 2.16 bits per heavy atom. The lowest BCUT2D eigenvalue weighted by atomic mass is 9.89. The topological polar surface area (TPSA) is 53.1 Å². The molecule has 0 bridgehead atoms. The standard InChI is InChI=1S/C15H27N3O/c1-4-12(2)18-10-7-13(17-18)11-14(16)15(19-3)8-5-6-9-15/h7,10,12,14H,4-6,8-9,11,16H2,1-3H3. The summed E-state index contributed by atoms with van der Waals surface area (Å²) in [6.45, 7) is 4.36. The zero-order chi connectivity index (χ0) is 13.9. The first kappa shape index (κ1) is 14.5. The maximum Gasteiger partial charge on any atom is 0.0832 e. The second kappa shape index (κ2) is 6.06. The highest BCUT2D eigenvalue weighted by molar-refractivity contribution is 5.07. The van der Waals surface area contributed by atoms with Gasteiger partial charge in [-0.2, -0.15) is 5.10 Å². The van der Waals surface area contributed by atoms with Crippen molar-refractivity contribution in [3.8, 4) is 0 Å². The highest BCUT2D eigenvalue weighted by Gasteiger charge is 2.39. The molecule has 0 aromatic carbocycles. The van der Waals surface area contributed by atoms with Gasteiger partial charge in [-0.05, 0) is 32.3 Å². The van der Waals surface area contributed by atoms with Gasteiger partial charge in [0.1, 0.15) is 0 Å². The summed E-state index contributed by atoms with van der Waals surface area (Å²) in [6.07, 6.45) is 8.57. The van der Waals surface area contributed by atoms with E-state index in [0.29, 0.717) is 6.04 Å². The fraction of sp³-hybridized carbons (Fsp3) is 0.800. The molecule has 2 N–H and O–H groups in total. The normalized spacial score (nSPS) is 21.5. The van der Waals surface area contributed by atoms with Gasteiger partial charge in [0.15, 0.2) is 0 Å². The maximum absolute atomic E-state index is 6.40. The molecule has 19 heavy (non-hydrogen) atoms. The van der Waals surface area contributed by atoms with Gasteiger partial charge in [0.2, 0.25) is 0 Å². The van der Waals surface area contributed by atoms with E-state index in [0.717, 1.165) is 31.4 Å². The van der Waals surface area contributed by atoms with Crippen molar-refractivity contribution < 1.29 is 4.74 Å². The van der Waals surface area contributed by atoms with E-state index in [2.05, 4.69) is 31.2 Å². The van der Waals surface area contributed by atoms with Crippen LogP contribution < -0.4 is 5.73 Å². The number of aromatic nitrogens is 2. The summed E-state index contributed by atoms with van der Waals surface area (Å²) in [7, 11) is 1.79. The van der Waals surface area contributed by atoms with Gasteiger partial charge in [0.05, 0.1) is 11.3 Å². The quantitative estimate of drug-likeness (QED) is 0.860. The van der Waals surface area contributed by atoms with E-state index < -0.39 is 0 Å². The van der Waals surface area contributed by atoms with Crippen LogP contribution >= 0.6 is 0 Å². The number of nitrogens with zero attached hydrogens (tertiary/aromatic N) is 2. The van der Waals surface area contributed by atoms with Crippen molar-refractivity contribution in [2.45, 2.75) is 70.1 Å². The van der Waals surface area contributed by atoms with Crippen LogP contribution in [0, 0.1) is 0 Å². The Hall–Kier alpha value is -0.870. The van der Waals surface area contributed by atoms with Crippen LogP contribution in [0.2, 0.25) is 0 Å². The molecule has 2 unspecified atom stereocenters. The van der Waals surface area contributed by atoms with Crippen LogP contribution in [0.3, 0.4) is 0 Å². The third-order valence-corrected chi connectivity index (χ3v) is 4.67. The zero-order valence-electron chi connectivity index (χ0n) is 12.4. The number of nitrogens with two attached hydrogens (primary N) is 1. The average molecular weight is 265 g/mol. The molecule has 1 aromatic heterocycles. The molecule has 1 aromatic rings. The van der Waals surface area contributed by atoms with E-state index in [4.69, 9.17) is 10.5 Å². The van der Waals surface area contributed by atoms with E-state index in [1.165, 1.54) is 12.8 Å². The third-order valence-electron chi connectivity index (χ3n) is 4.67. The first-order chi connectivity index (χ1) is 9.11. The highest BCUT2D eigenvalue weighted by atomic mass is 16.5. The summed E-state index contributed by atoms with van der Waals surface area (Å²) < 4.78 is 7.79. The van der Waals surface area contributed by atoms with E-state index >= 15 is 0 Å². The van der Waals surface area contributed by atoms with Gasteiger partial charge in [-0.25, -0.2) is 0 Å². The van der Waals surface area contributed by atoms with E-state index in [9.17, 15) is 0 Å². The zero-order valence-corrected chi connectivity index (χ0v) is 12.4. The Morgan fingerprint density at radius 1 is 1.47 bits per heavy atom. The molecule has 1 aliphatic rings. The van der Waals surface area contributed by atoms with Crippen LogP contribution in [-0.4, -0.2) is 28.5 Å². The second-order valence-electron chi connectivity index (χ2n) is 5.83. The summed E-state index contributed by atoms with van der Waals surface area (Å²) >= 11 is 0. The minimum absolute atomic E-state index is 0.0419. The molecule has 4 heteroatoms. The lowest BCUT2D eigenvalue weighted by Gasteiger charge is -2.33. The second-order valence-corrected chi connectivity index (χ2v) is 5.83. The molecule has 0 aliphatic heterocycles. The van der Waals surface area contributed by atoms with Crippen molar-refractivity contribution in [3.63, 3.8) is 0 Å². The summed E-state index contributed by atoms with van der Waals surface area (Å²) in [5, 5.41) is 4.64. The van der Waals surface area contributed by atoms with Gasteiger partial charge in [-0.15, -0.1) is 0 Å². The number of hydrogen-bond acceptors (Lipinski definition) is 3. The molecule has 1 aliphatic carbocycles. The third kappa shape index (κ3) is 3.00. The number of methoxy groups -OCH3 is 1. The molecule has 4 nitrogen and oxygen atoms in total. The van der Waals surface area contributed by atoms with Crippen LogP contribution in [0.15, 0.2) is 12.3 Å². The molecule has 0 spiro atoms. The van der Waals surface area contributed by atoms with Crippen LogP contribution in [0.4, 0.5) is 0 Å². The summed E-state index contributed by atoms with van der Waals surface area (Å²) in [4.78, 5) is 0. The van der Waals surface area contributed by atoms with Crippen molar-refractivity contribution >= 4 is 0 Å². The van der Waals surface area contributed by atoms with Crippen molar-refractivity contribution in [1.29, 1.82) is 0 Å². The van der Waals surface area contributed by atoms with Crippen LogP contribution in [0.5, 0.6) is 0 Å². The molecule has 0 saturated heterocycles. The first-order valence-electron chi connectivity index (χ1n) is 7.46. The first-order valence-corrected chi connectivity index (χ1v) is 7.46. The van der Waals surface area contributed by atoms with Crippen molar-refractivity contribution in [1.82, 2.24) is 9.78 Å². The SMILES string of the molecule is CCC(C)n1ccc(CC(N)C2(OC)CCCC2)n1. The highest BCUT2D eigenvalue weighted by Crippen LogP contribution is 2.35. The Morgan fingerprint density at radius 3 is 2.74 bits per heavy atom. The lowest BCUT2D eigenvalue weighted by Crippen LogP contribution is -2.48. The van der Waals surface area contributed by atoms with Gasteiger partial charge in [0.25, 0.3) is 0 Å². The predicted molar refractivity (Wildman–Crippen MR) is 77.1 cm³/mol. The van der Waals surface area contributed by atoms with Crippen LogP contribution in [-0.2, 0) is 11.2 Å². The average Bonchev–Trinajstić information content (AvgIpc) is 3.07. The van der Waals surface area contributed by atoms with Gasteiger partial charge >= 0.3 is 0 Å². The van der Waals surface area contributed by atoms with Gasteiger partial charge in [-0.1, -0.05) is 19.8 Å². The molecule has 2 rings (SSSR count). The van der Waals surface area contributed by atoms with Crippen LogP contribution in [0.25, 0.3) is 0 Å². The largest absolute Gasteiger partial charge is 0.377 e.